The summed E-state index contributed by atoms with van der Waals surface area (Å²) in [5, 5.41) is 9.51. The lowest BCUT2D eigenvalue weighted by Gasteiger charge is -2.04. The van der Waals surface area contributed by atoms with Crippen LogP contribution in [0.2, 0.25) is 5.02 Å². The second-order valence-corrected chi connectivity index (χ2v) is 3.90. The quantitative estimate of drug-likeness (QED) is 0.884. The van der Waals surface area contributed by atoms with Crippen molar-refractivity contribution < 1.29 is 5.11 Å². The van der Waals surface area contributed by atoms with Gasteiger partial charge >= 0.3 is 0 Å². The minimum absolute atomic E-state index is 0.123. The molecular formula is C13H12ClNO. The van der Waals surface area contributed by atoms with Crippen LogP contribution < -0.4 is 0 Å². The Labute approximate surface area is 99.5 Å². The maximum atomic E-state index is 8.79. The number of hydrogen-bond donors (Lipinski definition) is 1. The van der Waals surface area contributed by atoms with Crippen molar-refractivity contribution in [3.05, 3.63) is 53.3 Å². The topological polar surface area (TPSA) is 33.1 Å². The molecule has 1 N–H and O–H groups in total. The first-order chi connectivity index (χ1) is 7.81. The highest BCUT2D eigenvalue weighted by Gasteiger charge is 2.02. The van der Waals surface area contributed by atoms with E-state index in [-0.39, 0.29) is 6.61 Å². The molecule has 0 saturated carbocycles. The number of hydrogen-bond acceptors (Lipinski definition) is 2. The molecule has 2 aromatic rings. The summed E-state index contributed by atoms with van der Waals surface area (Å²) in [4.78, 5) is 4.27. The van der Waals surface area contributed by atoms with Crippen LogP contribution in [0, 0.1) is 0 Å². The van der Waals surface area contributed by atoms with Gasteiger partial charge in [-0.25, -0.2) is 0 Å². The molecule has 0 amide bonds. The molecule has 82 valence electrons. The smallest absolute Gasteiger partial charge is 0.0486 e. The predicted molar refractivity (Wildman–Crippen MR) is 65.5 cm³/mol. The van der Waals surface area contributed by atoms with Gasteiger partial charge in [0.25, 0.3) is 0 Å². The van der Waals surface area contributed by atoms with E-state index in [2.05, 4.69) is 4.98 Å². The molecule has 1 aromatic heterocycles. The van der Waals surface area contributed by atoms with E-state index in [0.717, 1.165) is 21.8 Å². The summed E-state index contributed by atoms with van der Waals surface area (Å²) in [5.74, 6) is 0. The molecule has 0 aliphatic rings. The third-order valence-corrected chi connectivity index (χ3v) is 2.71. The predicted octanol–water partition coefficient (Wildman–Crippen LogP) is 2.94. The first kappa shape index (κ1) is 11.1. The summed E-state index contributed by atoms with van der Waals surface area (Å²) in [6, 6.07) is 11.6. The third-order valence-electron chi connectivity index (χ3n) is 2.38. The van der Waals surface area contributed by atoms with Gasteiger partial charge in [-0.15, -0.1) is 0 Å². The Hall–Kier alpha value is -1.38. The Balaban J connectivity index is 2.31. The van der Waals surface area contributed by atoms with Gasteiger partial charge in [0.1, 0.15) is 0 Å². The fourth-order valence-electron chi connectivity index (χ4n) is 1.54. The average molecular weight is 234 g/mol. The average Bonchev–Trinajstić information content (AvgIpc) is 2.31. The van der Waals surface area contributed by atoms with Crippen molar-refractivity contribution in [2.75, 3.05) is 6.61 Å². The van der Waals surface area contributed by atoms with Gasteiger partial charge in [-0.1, -0.05) is 35.9 Å². The SMILES string of the molecule is OCCc1ccc(-c2ccccc2Cl)cn1. The van der Waals surface area contributed by atoms with Crippen molar-refractivity contribution in [2.45, 2.75) is 6.42 Å². The highest BCUT2D eigenvalue weighted by Crippen LogP contribution is 2.26. The lowest BCUT2D eigenvalue weighted by atomic mass is 10.1. The van der Waals surface area contributed by atoms with Crippen molar-refractivity contribution in [2.24, 2.45) is 0 Å². The molecule has 0 aliphatic heterocycles. The second kappa shape index (κ2) is 5.10. The molecule has 1 heterocycles. The standard InChI is InChI=1S/C13H12ClNO/c14-13-4-2-1-3-12(13)10-5-6-11(7-8-16)15-9-10/h1-6,9,16H,7-8H2. The van der Waals surface area contributed by atoms with E-state index in [9.17, 15) is 0 Å². The fourth-order valence-corrected chi connectivity index (χ4v) is 1.79. The molecule has 2 nitrogen and oxygen atoms in total. The normalized spacial score (nSPS) is 10.4. The number of benzene rings is 1. The van der Waals surface area contributed by atoms with E-state index in [0.29, 0.717) is 6.42 Å². The van der Waals surface area contributed by atoms with E-state index in [4.69, 9.17) is 16.7 Å². The van der Waals surface area contributed by atoms with Crippen LogP contribution in [0.3, 0.4) is 0 Å². The van der Waals surface area contributed by atoms with E-state index >= 15 is 0 Å². The summed E-state index contributed by atoms with van der Waals surface area (Å²) in [6.07, 6.45) is 2.37. The van der Waals surface area contributed by atoms with E-state index in [1.54, 1.807) is 6.20 Å². The molecule has 2 rings (SSSR count). The van der Waals surface area contributed by atoms with E-state index < -0.39 is 0 Å². The minimum atomic E-state index is 0.123. The number of nitrogens with zero attached hydrogens (tertiary/aromatic N) is 1. The van der Waals surface area contributed by atoms with Crippen LogP contribution in [0.15, 0.2) is 42.6 Å². The minimum Gasteiger partial charge on any atom is -0.396 e. The Morgan fingerprint density at radius 1 is 1.12 bits per heavy atom. The van der Waals surface area contributed by atoms with Crippen LogP contribution in [0.4, 0.5) is 0 Å². The molecule has 0 spiro atoms. The Bertz CT molecular complexity index is 468. The zero-order chi connectivity index (χ0) is 11.4. The second-order valence-electron chi connectivity index (χ2n) is 3.49. The van der Waals surface area contributed by atoms with Crippen molar-refractivity contribution >= 4 is 11.6 Å². The van der Waals surface area contributed by atoms with Crippen molar-refractivity contribution in [3.8, 4) is 11.1 Å². The van der Waals surface area contributed by atoms with E-state index in [1.807, 2.05) is 36.4 Å². The largest absolute Gasteiger partial charge is 0.396 e. The Kier molecular flexibility index (Phi) is 3.54. The van der Waals surface area contributed by atoms with Gasteiger partial charge in [0.2, 0.25) is 0 Å². The van der Waals surface area contributed by atoms with E-state index in [1.165, 1.54) is 0 Å². The molecule has 1 aromatic carbocycles. The Morgan fingerprint density at radius 3 is 2.56 bits per heavy atom. The maximum Gasteiger partial charge on any atom is 0.0486 e. The van der Waals surface area contributed by atoms with Gasteiger partial charge in [-0.3, -0.25) is 4.98 Å². The van der Waals surface area contributed by atoms with Crippen molar-refractivity contribution in [1.82, 2.24) is 4.98 Å². The van der Waals surface area contributed by atoms with Crippen LogP contribution in [-0.4, -0.2) is 16.7 Å². The number of rotatable bonds is 3. The van der Waals surface area contributed by atoms with Gasteiger partial charge in [-0.2, -0.15) is 0 Å². The molecule has 0 saturated heterocycles. The summed E-state index contributed by atoms with van der Waals surface area (Å²) in [6.45, 7) is 0.123. The first-order valence-electron chi connectivity index (χ1n) is 5.12. The molecule has 0 bridgehead atoms. The van der Waals surface area contributed by atoms with Crippen molar-refractivity contribution in [1.29, 1.82) is 0 Å². The number of pyridine rings is 1. The maximum absolute atomic E-state index is 8.79. The van der Waals surface area contributed by atoms with Crippen molar-refractivity contribution in [3.63, 3.8) is 0 Å². The summed E-state index contributed by atoms with van der Waals surface area (Å²) >= 11 is 6.09. The lowest BCUT2D eigenvalue weighted by Crippen LogP contribution is -1.94. The first-order valence-corrected chi connectivity index (χ1v) is 5.50. The zero-order valence-corrected chi connectivity index (χ0v) is 9.48. The van der Waals surface area contributed by atoms with Crippen LogP contribution in [0.5, 0.6) is 0 Å². The molecule has 3 heteroatoms. The highest BCUT2D eigenvalue weighted by atomic mass is 35.5. The Morgan fingerprint density at radius 2 is 1.94 bits per heavy atom. The summed E-state index contributed by atoms with van der Waals surface area (Å²) in [5.41, 5.74) is 2.86. The molecule has 0 fully saturated rings. The third kappa shape index (κ3) is 2.40. The lowest BCUT2D eigenvalue weighted by molar-refractivity contribution is 0.298. The molecule has 0 atom stereocenters. The van der Waals surface area contributed by atoms with Crippen LogP contribution >= 0.6 is 11.6 Å². The monoisotopic (exact) mass is 233 g/mol. The van der Waals surface area contributed by atoms with Crippen LogP contribution in [0.1, 0.15) is 5.69 Å². The van der Waals surface area contributed by atoms with Crippen LogP contribution in [-0.2, 0) is 6.42 Å². The molecule has 0 radical (unpaired) electrons. The number of aliphatic hydroxyl groups is 1. The molecule has 0 aliphatic carbocycles. The number of aromatic nitrogens is 1. The number of halogens is 1. The van der Waals surface area contributed by atoms with Gasteiger partial charge in [0, 0.05) is 41.1 Å². The van der Waals surface area contributed by atoms with Crippen LogP contribution in [0.25, 0.3) is 11.1 Å². The fraction of sp³-hybridized carbons (Fsp3) is 0.154. The van der Waals surface area contributed by atoms with Gasteiger partial charge < -0.3 is 5.11 Å². The molecular weight excluding hydrogens is 222 g/mol. The zero-order valence-electron chi connectivity index (χ0n) is 8.73. The summed E-state index contributed by atoms with van der Waals surface area (Å²) < 4.78 is 0. The highest BCUT2D eigenvalue weighted by molar-refractivity contribution is 6.33. The van der Waals surface area contributed by atoms with Gasteiger partial charge in [-0.05, 0) is 12.1 Å². The molecule has 0 unspecified atom stereocenters. The van der Waals surface area contributed by atoms with Gasteiger partial charge in [0.15, 0.2) is 0 Å². The molecule has 16 heavy (non-hydrogen) atoms. The van der Waals surface area contributed by atoms with Gasteiger partial charge in [0.05, 0.1) is 0 Å². The number of aliphatic hydroxyl groups excluding tert-OH is 1. The summed E-state index contributed by atoms with van der Waals surface area (Å²) in [7, 11) is 0.